The fraction of sp³-hybridized carbons (Fsp3) is 0.750. The lowest BCUT2D eigenvalue weighted by atomic mass is 9.84. The van der Waals surface area contributed by atoms with Crippen molar-refractivity contribution in [1.29, 1.82) is 0 Å². The highest BCUT2D eigenvalue weighted by molar-refractivity contribution is 5.15. The number of hydrogen-bond acceptors (Lipinski definition) is 1. The quantitative estimate of drug-likeness (QED) is 0.681. The SMILES string of the molecule is C=C1/C=C/[C@H](C(C)C)CCC(C)C(OC)CC1. The molecule has 0 aliphatic heterocycles. The van der Waals surface area contributed by atoms with Crippen molar-refractivity contribution in [3.63, 3.8) is 0 Å². The molecule has 0 radical (unpaired) electrons. The molecule has 0 amide bonds. The first-order valence-electron chi connectivity index (χ1n) is 6.93. The van der Waals surface area contributed by atoms with Crippen LogP contribution < -0.4 is 0 Å². The largest absolute Gasteiger partial charge is 0.381 e. The zero-order chi connectivity index (χ0) is 12.8. The number of rotatable bonds is 2. The molecule has 0 aromatic rings. The zero-order valence-corrected chi connectivity index (χ0v) is 11.9. The second-order valence-corrected chi connectivity index (χ2v) is 5.79. The summed E-state index contributed by atoms with van der Waals surface area (Å²) in [5, 5.41) is 0. The van der Waals surface area contributed by atoms with Crippen LogP contribution >= 0.6 is 0 Å². The summed E-state index contributed by atoms with van der Waals surface area (Å²) in [6.07, 6.45) is 9.68. The standard InChI is InChI=1S/C16H28O/c1-12(2)15-9-6-13(3)7-11-16(17-5)14(4)8-10-15/h6,9,12,14-16H,3,7-8,10-11H2,1-2,4-5H3/b9-6+/t14?,15-,16?/m0/s1. The third kappa shape index (κ3) is 4.67. The summed E-state index contributed by atoms with van der Waals surface area (Å²) in [6.45, 7) is 11.1. The molecular weight excluding hydrogens is 208 g/mol. The van der Waals surface area contributed by atoms with Gasteiger partial charge in [-0.15, -0.1) is 0 Å². The molecule has 1 nitrogen and oxygen atoms in total. The van der Waals surface area contributed by atoms with Crippen LogP contribution in [0.3, 0.4) is 0 Å². The van der Waals surface area contributed by atoms with Gasteiger partial charge in [0.2, 0.25) is 0 Å². The van der Waals surface area contributed by atoms with E-state index >= 15 is 0 Å². The van der Waals surface area contributed by atoms with Gasteiger partial charge >= 0.3 is 0 Å². The van der Waals surface area contributed by atoms with Gasteiger partial charge in [0.25, 0.3) is 0 Å². The first-order valence-corrected chi connectivity index (χ1v) is 6.93. The molecular formula is C16H28O. The molecule has 17 heavy (non-hydrogen) atoms. The van der Waals surface area contributed by atoms with E-state index in [1.54, 1.807) is 0 Å². The van der Waals surface area contributed by atoms with Crippen molar-refractivity contribution in [2.45, 2.75) is 52.6 Å². The molecule has 0 spiro atoms. The predicted octanol–water partition coefficient (Wildman–Crippen LogP) is 4.60. The maximum absolute atomic E-state index is 5.61. The van der Waals surface area contributed by atoms with E-state index in [0.717, 1.165) is 12.8 Å². The van der Waals surface area contributed by atoms with Gasteiger partial charge in [-0.25, -0.2) is 0 Å². The lowest BCUT2D eigenvalue weighted by Gasteiger charge is -2.26. The smallest absolute Gasteiger partial charge is 0.0600 e. The minimum Gasteiger partial charge on any atom is -0.381 e. The van der Waals surface area contributed by atoms with Gasteiger partial charge < -0.3 is 4.74 Å². The van der Waals surface area contributed by atoms with Gasteiger partial charge in [0, 0.05) is 7.11 Å². The van der Waals surface area contributed by atoms with Crippen molar-refractivity contribution in [2.24, 2.45) is 17.8 Å². The van der Waals surface area contributed by atoms with E-state index in [-0.39, 0.29) is 0 Å². The topological polar surface area (TPSA) is 9.23 Å². The third-order valence-electron chi connectivity index (χ3n) is 4.08. The molecule has 0 saturated carbocycles. The van der Waals surface area contributed by atoms with Gasteiger partial charge in [0.15, 0.2) is 0 Å². The fourth-order valence-corrected chi connectivity index (χ4v) is 2.60. The summed E-state index contributed by atoms with van der Waals surface area (Å²) in [7, 11) is 1.84. The molecule has 1 aliphatic rings. The molecule has 0 bridgehead atoms. The summed E-state index contributed by atoms with van der Waals surface area (Å²) < 4.78 is 5.61. The Morgan fingerprint density at radius 3 is 2.59 bits per heavy atom. The number of ether oxygens (including phenoxy) is 1. The third-order valence-corrected chi connectivity index (χ3v) is 4.08. The Hall–Kier alpha value is -0.560. The second-order valence-electron chi connectivity index (χ2n) is 5.79. The van der Waals surface area contributed by atoms with E-state index in [4.69, 9.17) is 4.74 Å². The number of hydrogen-bond donors (Lipinski definition) is 0. The summed E-state index contributed by atoms with van der Waals surface area (Å²) in [6, 6.07) is 0. The van der Waals surface area contributed by atoms with Crippen molar-refractivity contribution < 1.29 is 4.74 Å². The van der Waals surface area contributed by atoms with E-state index in [1.165, 1.54) is 18.4 Å². The average molecular weight is 236 g/mol. The number of methoxy groups -OCH3 is 1. The second kappa shape index (κ2) is 7.00. The minimum atomic E-state index is 0.395. The van der Waals surface area contributed by atoms with E-state index < -0.39 is 0 Å². The first-order chi connectivity index (χ1) is 8.04. The van der Waals surface area contributed by atoms with Crippen molar-refractivity contribution in [2.75, 3.05) is 7.11 Å². The van der Waals surface area contributed by atoms with Crippen LogP contribution in [0, 0.1) is 17.8 Å². The van der Waals surface area contributed by atoms with Crippen molar-refractivity contribution in [3.8, 4) is 0 Å². The van der Waals surface area contributed by atoms with E-state index in [0.29, 0.717) is 23.9 Å². The molecule has 3 atom stereocenters. The van der Waals surface area contributed by atoms with Crippen LogP contribution in [0.25, 0.3) is 0 Å². The summed E-state index contributed by atoms with van der Waals surface area (Å²) >= 11 is 0. The van der Waals surface area contributed by atoms with E-state index in [2.05, 4.69) is 39.5 Å². The molecule has 0 N–H and O–H groups in total. The zero-order valence-electron chi connectivity index (χ0n) is 11.9. The predicted molar refractivity (Wildman–Crippen MR) is 75.0 cm³/mol. The molecule has 98 valence electrons. The average Bonchev–Trinajstić information content (AvgIpc) is 2.28. The Morgan fingerprint density at radius 1 is 1.29 bits per heavy atom. The van der Waals surface area contributed by atoms with Crippen LogP contribution in [-0.4, -0.2) is 13.2 Å². The summed E-state index contributed by atoms with van der Waals surface area (Å²) in [5.41, 5.74) is 1.24. The maximum Gasteiger partial charge on any atom is 0.0600 e. The summed E-state index contributed by atoms with van der Waals surface area (Å²) in [4.78, 5) is 0. The maximum atomic E-state index is 5.61. The highest BCUT2D eigenvalue weighted by Gasteiger charge is 2.20. The van der Waals surface area contributed by atoms with Crippen molar-refractivity contribution >= 4 is 0 Å². The van der Waals surface area contributed by atoms with Gasteiger partial charge in [-0.3, -0.25) is 0 Å². The fourth-order valence-electron chi connectivity index (χ4n) is 2.60. The van der Waals surface area contributed by atoms with Gasteiger partial charge in [-0.1, -0.05) is 45.1 Å². The Morgan fingerprint density at radius 2 is 2.00 bits per heavy atom. The van der Waals surface area contributed by atoms with Gasteiger partial charge in [0.05, 0.1) is 6.10 Å². The highest BCUT2D eigenvalue weighted by atomic mass is 16.5. The molecule has 0 heterocycles. The molecule has 0 aromatic heterocycles. The normalized spacial score (nSPS) is 33.7. The molecule has 1 heteroatoms. The Balaban J connectivity index is 2.73. The lowest BCUT2D eigenvalue weighted by Crippen LogP contribution is -2.22. The summed E-state index contributed by atoms with van der Waals surface area (Å²) in [5.74, 6) is 2.05. The minimum absolute atomic E-state index is 0.395. The molecule has 2 unspecified atom stereocenters. The molecule has 1 rings (SSSR count). The number of allylic oxidation sites excluding steroid dienone is 3. The van der Waals surface area contributed by atoms with Gasteiger partial charge in [0.1, 0.15) is 0 Å². The monoisotopic (exact) mass is 236 g/mol. The van der Waals surface area contributed by atoms with Crippen LogP contribution in [0.15, 0.2) is 24.3 Å². The van der Waals surface area contributed by atoms with E-state index in [1.807, 2.05) is 7.11 Å². The highest BCUT2D eigenvalue weighted by Crippen LogP contribution is 2.27. The Labute approximate surface area is 107 Å². The van der Waals surface area contributed by atoms with Gasteiger partial charge in [-0.05, 0) is 43.4 Å². The van der Waals surface area contributed by atoms with Crippen molar-refractivity contribution in [1.82, 2.24) is 0 Å². The van der Waals surface area contributed by atoms with Gasteiger partial charge in [-0.2, -0.15) is 0 Å². The molecule has 1 aliphatic carbocycles. The molecule has 0 aromatic carbocycles. The van der Waals surface area contributed by atoms with Crippen LogP contribution in [0.2, 0.25) is 0 Å². The van der Waals surface area contributed by atoms with Crippen LogP contribution in [0.5, 0.6) is 0 Å². The Bertz CT molecular complexity index is 265. The van der Waals surface area contributed by atoms with Crippen molar-refractivity contribution in [3.05, 3.63) is 24.3 Å². The lowest BCUT2D eigenvalue weighted by molar-refractivity contribution is 0.0464. The van der Waals surface area contributed by atoms with Crippen LogP contribution in [0.1, 0.15) is 46.5 Å². The Kier molecular flexibility index (Phi) is 5.97. The van der Waals surface area contributed by atoms with Crippen LogP contribution in [-0.2, 0) is 4.74 Å². The van der Waals surface area contributed by atoms with E-state index in [9.17, 15) is 0 Å². The molecule has 0 fully saturated rings. The van der Waals surface area contributed by atoms with Crippen LogP contribution in [0.4, 0.5) is 0 Å². The first kappa shape index (κ1) is 14.5. The molecule has 0 saturated heterocycles.